The molecular weight excluding hydrogens is 294 g/mol. The van der Waals surface area contributed by atoms with Gasteiger partial charge in [-0.15, -0.1) is 0 Å². The SMILES string of the molecule is Nc1nc(-c2cccc([N+](=O)[O-])c2)cc(N2CCCCCC2)n1. The van der Waals surface area contributed by atoms with Gasteiger partial charge in [0.05, 0.1) is 10.6 Å². The Morgan fingerprint density at radius 2 is 1.83 bits per heavy atom. The average molecular weight is 313 g/mol. The Morgan fingerprint density at radius 1 is 1.09 bits per heavy atom. The van der Waals surface area contributed by atoms with Crippen LogP contribution in [-0.2, 0) is 0 Å². The lowest BCUT2D eigenvalue weighted by Gasteiger charge is -2.22. The number of aromatic nitrogens is 2. The largest absolute Gasteiger partial charge is 0.368 e. The third-order valence-corrected chi connectivity index (χ3v) is 4.01. The van der Waals surface area contributed by atoms with Crippen molar-refractivity contribution in [2.75, 3.05) is 23.7 Å². The summed E-state index contributed by atoms with van der Waals surface area (Å²) in [6, 6.07) is 8.27. The molecule has 0 unspecified atom stereocenters. The molecular formula is C16H19N5O2. The molecule has 23 heavy (non-hydrogen) atoms. The van der Waals surface area contributed by atoms with Crippen molar-refractivity contribution in [3.63, 3.8) is 0 Å². The van der Waals surface area contributed by atoms with Crippen LogP contribution in [0, 0.1) is 10.1 Å². The summed E-state index contributed by atoms with van der Waals surface area (Å²) in [4.78, 5) is 21.3. The minimum absolute atomic E-state index is 0.0380. The molecule has 1 fully saturated rings. The molecule has 7 heteroatoms. The van der Waals surface area contributed by atoms with Crippen LogP contribution >= 0.6 is 0 Å². The van der Waals surface area contributed by atoms with Crippen LogP contribution in [0.5, 0.6) is 0 Å². The number of benzene rings is 1. The van der Waals surface area contributed by atoms with Crippen molar-refractivity contribution in [3.8, 4) is 11.3 Å². The first-order chi connectivity index (χ1) is 11.1. The number of hydrogen-bond acceptors (Lipinski definition) is 6. The molecule has 0 radical (unpaired) electrons. The molecule has 1 aliphatic heterocycles. The van der Waals surface area contributed by atoms with E-state index in [0.29, 0.717) is 11.3 Å². The van der Waals surface area contributed by atoms with Crippen LogP contribution < -0.4 is 10.6 Å². The van der Waals surface area contributed by atoms with Crippen molar-refractivity contribution in [1.29, 1.82) is 0 Å². The highest BCUT2D eigenvalue weighted by molar-refractivity contribution is 5.66. The Labute approximate surface area is 134 Å². The quantitative estimate of drug-likeness (QED) is 0.691. The molecule has 2 aromatic rings. The van der Waals surface area contributed by atoms with Gasteiger partial charge in [-0.25, -0.2) is 4.98 Å². The normalized spacial score (nSPS) is 15.2. The summed E-state index contributed by atoms with van der Waals surface area (Å²) in [7, 11) is 0. The van der Waals surface area contributed by atoms with E-state index < -0.39 is 4.92 Å². The maximum Gasteiger partial charge on any atom is 0.270 e. The number of nitrogen functional groups attached to an aromatic ring is 1. The minimum Gasteiger partial charge on any atom is -0.368 e. The molecule has 2 heterocycles. The molecule has 2 N–H and O–H groups in total. The van der Waals surface area contributed by atoms with E-state index in [0.717, 1.165) is 31.7 Å². The van der Waals surface area contributed by atoms with Gasteiger partial charge in [0.25, 0.3) is 5.69 Å². The average Bonchev–Trinajstić information content (AvgIpc) is 2.83. The molecule has 1 aliphatic rings. The van der Waals surface area contributed by atoms with Crippen molar-refractivity contribution in [2.24, 2.45) is 0 Å². The molecule has 0 aliphatic carbocycles. The van der Waals surface area contributed by atoms with Crippen LogP contribution in [0.3, 0.4) is 0 Å². The minimum atomic E-state index is -0.413. The topological polar surface area (TPSA) is 98.2 Å². The zero-order valence-electron chi connectivity index (χ0n) is 12.8. The molecule has 7 nitrogen and oxygen atoms in total. The molecule has 1 aromatic carbocycles. The highest BCUT2D eigenvalue weighted by Crippen LogP contribution is 2.26. The van der Waals surface area contributed by atoms with E-state index >= 15 is 0 Å². The Hall–Kier alpha value is -2.70. The number of rotatable bonds is 3. The first-order valence-electron chi connectivity index (χ1n) is 7.78. The predicted octanol–water partition coefficient (Wildman–Crippen LogP) is 3.01. The van der Waals surface area contributed by atoms with Gasteiger partial charge in [-0.3, -0.25) is 10.1 Å². The van der Waals surface area contributed by atoms with Crippen molar-refractivity contribution in [1.82, 2.24) is 9.97 Å². The molecule has 0 spiro atoms. The fourth-order valence-electron chi connectivity index (χ4n) is 2.84. The van der Waals surface area contributed by atoms with Gasteiger partial charge >= 0.3 is 0 Å². The standard InChI is InChI=1S/C16H19N5O2/c17-16-18-14(12-6-5-7-13(10-12)21(22)23)11-15(19-16)20-8-3-1-2-4-9-20/h5-7,10-11H,1-4,8-9H2,(H2,17,18,19). The maximum atomic E-state index is 10.9. The lowest BCUT2D eigenvalue weighted by molar-refractivity contribution is -0.384. The number of nitro groups is 1. The zero-order chi connectivity index (χ0) is 16.2. The highest BCUT2D eigenvalue weighted by atomic mass is 16.6. The van der Waals surface area contributed by atoms with E-state index in [2.05, 4.69) is 14.9 Å². The lowest BCUT2D eigenvalue weighted by atomic mass is 10.1. The first-order valence-corrected chi connectivity index (χ1v) is 7.78. The molecule has 0 saturated carbocycles. The van der Waals surface area contributed by atoms with E-state index in [1.165, 1.54) is 25.0 Å². The third kappa shape index (κ3) is 3.56. The van der Waals surface area contributed by atoms with Gasteiger partial charge in [-0.2, -0.15) is 4.98 Å². The van der Waals surface area contributed by atoms with Gasteiger partial charge in [0.2, 0.25) is 5.95 Å². The molecule has 120 valence electrons. The zero-order valence-corrected chi connectivity index (χ0v) is 12.8. The summed E-state index contributed by atoms with van der Waals surface area (Å²) in [6.45, 7) is 1.90. The van der Waals surface area contributed by atoms with Crippen LogP contribution in [0.25, 0.3) is 11.3 Å². The number of non-ortho nitro benzene ring substituents is 1. The first kappa shape index (κ1) is 15.2. The summed E-state index contributed by atoms with van der Waals surface area (Å²) < 4.78 is 0. The van der Waals surface area contributed by atoms with Crippen LogP contribution in [-0.4, -0.2) is 28.0 Å². The van der Waals surface area contributed by atoms with Gasteiger partial charge in [0.15, 0.2) is 0 Å². The van der Waals surface area contributed by atoms with Crippen LogP contribution in [0.1, 0.15) is 25.7 Å². The van der Waals surface area contributed by atoms with Crippen molar-refractivity contribution in [2.45, 2.75) is 25.7 Å². The molecule has 0 bridgehead atoms. The fraction of sp³-hybridized carbons (Fsp3) is 0.375. The van der Waals surface area contributed by atoms with Crippen LogP contribution in [0.2, 0.25) is 0 Å². The molecule has 0 amide bonds. The summed E-state index contributed by atoms with van der Waals surface area (Å²) in [5.41, 5.74) is 7.18. The van der Waals surface area contributed by atoms with Gasteiger partial charge in [-0.1, -0.05) is 25.0 Å². The van der Waals surface area contributed by atoms with E-state index in [-0.39, 0.29) is 11.6 Å². The van der Waals surface area contributed by atoms with Gasteiger partial charge in [0.1, 0.15) is 5.82 Å². The van der Waals surface area contributed by atoms with Crippen molar-refractivity contribution in [3.05, 3.63) is 40.4 Å². The summed E-state index contributed by atoms with van der Waals surface area (Å²) in [5, 5.41) is 10.9. The van der Waals surface area contributed by atoms with Crippen molar-refractivity contribution >= 4 is 17.5 Å². The Balaban J connectivity index is 1.96. The number of nitro benzene ring substituents is 1. The van der Waals surface area contributed by atoms with Gasteiger partial charge < -0.3 is 10.6 Å². The third-order valence-electron chi connectivity index (χ3n) is 4.01. The summed E-state index contributed by atoms with van der Waals surface area (Å²) in [5.74, 6) is 0.981. The van der Waals surface area contributed by atoms with E-state index in [4.69, 9.17) is 5.73 Å². The number of hydrogen-bond donors (Lipinski definition) is 1. The number of anilines is 2. The maximum absolute atomic E-state index is 10.9. The Morgan fingerprint density at radius 3 is 2.52 bits per heavy atom. The second-order valence-electron chi connectivity index (χ2n) is 5.68. The van der Waals surface area contributed by atoms with Crippen LogP contribution in [0.4, 0.5) is 17.5 Å². The smallest absolute Gasteiger partial charge is 0.270 e. The Kier molecular flexibility index (Phi) is 4.36. The molecule has 1 saturated heterocycles. The van der Waals surface area contributed by atoms with E-state index in [9.17, 15) is 10.1 Å². The highest BCUT2D eigenvalue weighted by Gasteiger charge is 2.15. The second-order valence-corrected chi connectivity index (χ2v) is 5.68. The predicted molar refractivity (Wildman–Crippen MR) is 89.2 cm³/mol. The van der Waals surface area contributed by atoms with Crippen LogP contribution in [0.15, 0.2) is 30.3 Å². The van der Waals surface area contributed by atoms with Gasteiger partial charge in [0, 0.05) is 36.9 Å². The summed E-state index contributed by atoms with van der Waals surface area (Å²) >= 11 is 0. The fourth-order valence-corrected chi connectivity index (χ4v) is 2.84. The van der Waals surface area contributed by atoms with Crippen molar-refractivity contribution < 1.29 is 4.92 Å². The van der Waals surface area contributed by atoms with E-state index in [1.807, 2.05) is 6.07 Å². The summed E-state index contributed by atoms with van der Waals surface area (Å²) in [6.07, 6.45) is 4.73. The number of nitrogens with zero attached hydrogens (tertiary/aromatic N) is 4. The molecule has 3 rings (SSSR count). The van der Waals surface area contributed by atoms with Gasteiger partial charge in [-0.05, 0) is 12.8 Å². The Bertz CT molecular complexity index is 711. The van der Waals surface area contributed by atoms with E-state index in [1.54, 1.807) is 12.1 Å². The molecule has 0 atom stereocenters. The second kappa shape index (κ2) is 6.60. The monoisotopic (exact) mass is 313 g/mol. The molecule has 1 aromatic heterocycles. The lowest BCUT2D eigenvalue weighted by Crippen LogP contribution is -2.25. The number of nitrogens with two attached hydrogens (primary N) is 1.